The quantitative estimate of drug-likeness (QED) is 0.845. The van der Waals surface area contributed by atoms with E-state index < -0.39 is 0 Å². The van der Waals surface area contributed by atoms with Gasteiger partial charge in [-0.25, -0.2) is 0 Å². The lowest BCUT2D eigenvalue weighted by Crippen LogP contribution is -2.23. The Hall–Kier alpha value is -2.69. The molecule has 1 amide bonds. The molecule has 24 heavy (non-hydrogen) atoms. The van der Waals surface area contributed by atoms with E-state index in [0.717, 1.165) is 17.1 Å². The second kappa shape index (κ2) is 8.24. The van der Waals surface area contributed by atoms with Crippen LogP contribution >= 0.6 is 0 Å². The number of ether oxygens (including phenoxy) is 3. The predicted molar refractivity (Wildman–Crippen MR) is 92.9 cm³/mol. The van der Waals surface area contributed by atoms with Crippen LogP contribution in [-0.4, -0.2) is 26.2 Å². The van der Waals surface area contributed by atoms with Crippen molar-refractivity contribution in [1.82, 2.24) is 5.32 Å². The Kier molecular flexibility index (Phi) is 6.07. The van der Waals surface area contributed by atoms with E-state index in [-0.39, 0.29) is 12.0 Å². The average Bonchev–Trinajstić information content (AvgIpc) is 2.59. The predicted octanol–water partition coefficient (Wildman–Crippen LogP) is 3.42. The van der Waals surface area contributed by atoms with Gasteiger partial charge >= 0.3 is 0 Å². The van der Waals surface area contributed by atoms with Crippen LogP contribution in [0.4, 0.5) is 0 Å². The maximum Gasteiger partial charge on any atom is 0.251 e. The Morgan fingerprint density at radius 2 is 1.67 bits per heavy atom. The fraction of sp³-hybridized carbons (Fsp3) is 0.316. The number of methoxy groups -OCH3 is 2. The van der Waals surface area contributed by atoms with Crippen molar-refractivity contribution in [3.05, 3.63) is 53.6 Å². The largest absolute Gasteiger partial charge is 0.497 e. The molecule has 0 aliphatic carbocycles. The van der Waals surface area contributed by atoms with Crippen molar-refractivity contribution < 1.29 is 19.0 Å². The SMILES string of the molecule is COc1ccc(OC)c(CNC(=O)c2ccc(OC(C)C)cc2)c1. The highest BCUT2D eigenvalue weighted by molar-refractivity contribution is 5.94. The van der Waals surface area contributed by atoms with Crippen LogP contribution < -0.4 is 19.5 Å². The summed E-state index contributed by atoms with van der Waals surface area (Å²) in [5.41, 5.74) is 1.43. The topological polar surface area (TPSA) is 56.8 Å². The van der Waals surface area contributed by atoms with E-state index >= 15 is 0 Å². The van der Waals surface area contributed by atoms with Gasteiger partial charge in [-0.1, -0.05) is 0 Å². The highest BCUT2D eigenvalue weighted by Crippen LogP contribution is 2.24. The van der Waals surface area contributed by atoms with Crippen molar-refractivity contribution in [2.45, 2.75) is 26.5 Å². The number of benzene rings is 2. The lowest BCUT2D eigenvalue weighted by molar-refractivity contribution is 0.0950. The number of carbonyl (C=O) groups is 1. The minimum atomic E-state index is -0.157. The van der Waals surface area contributed by atoms with E-state index in [1.165, 1.54) is 0 Å². The van der Waals surface area contributed by atoms with Gasteiger partial charge in [0, 0.05) is 17.7 Å². The fourth-order valence-corrected chi connectivity index (χ4v) is 2.25. The van der Waals surface area contributed by atoms with E-state index in [0.29, 0.717) is 17.9 Å². The monoisotopic (exact) mass is 329 g/mol. The molecule has 0 unspecified atom stereocenters. The minimum Gasteiger partial charge on any atom is -0.497 e. The van der Waals surface area contributed by atoms with Crippen molar-refractivity contribution in [3.63, 3.8) is 0 Å². The van der Waals surface area contributed by atoms with Crippen LogP contribution in [0.2, 0.25) is 0 Å². The van der Waals surface area contributed by atoms with E-state index in [1.54, 1.807) is 38.5 Å². The van der Waals surface area contributed by atoms with E-state index in [4.69, 9.17) is 14.2 Å². The summed E-state index contributed by atoms with van der Waals surface area (Å²) >= 11 is 0. The van der Waals surface area contributed by atoms with Crippen LogP contribution in [0, 0.1) is 0 Å². The molecule has 5 nitrogen and oxygen atoms in total. The Balaban J connectivity index is 2.02. The lowest BCUT2D eigenvalue weighted by atomic mass is 10.1. The van der Waals surface area contributed by atoms with Crippen molar-refractivity contribution >= 4 is 5.91 Å². The zero-order valence-corrected chi connectivity index (χ0v) is 14.5. The van der Waals surface area contributed by atoms with Gasteiger partial charge in [-0.05, 0) is 56.3 Å². The van der Waals surface area contributed by atoms with Gasteiger partial charge in [0.05, 0.1) is 20.3 Å². The van der Waals surface area contributed by atoms with E-state index in [9.17, 15) is 4.79 Å². The molecule has 1 N–H and O–H groups in total. The highest BCUT2D eigenvalue weighted by Gasteiger charge is 2.09. The smallest absolute Gasteiger partial charge is 0.251 e. The van der Waals surface area contributed by atoms with Crippen LogP contribution in [0.3, 0.4) is 0 Å². The third kappa shape index (κ3) is 4.65. The molecule has 0 aromatic heterocycles. The number of rotatable bonds is 7. The maximum atomic E-state index is 12.3. The average molecular weight is 329 g/mol. The van der Waals surface area contributed by atoms with Gasteiger partial charge in [-0.15, -0.1) is 0 Å². The molecule has 2 aromatic carbocycles. The third-order valence-electron chi connectivity index (χ3n) is 3.42. The van der Waals surface area contributed by atoms with Crippen LogP contribution in [0.15, 0.2) is 42.5 Å². The van der Waals surface area contributed by atoms with Gasteiger partial charge in [0.15, 0.2) is 0 Å². The standard InChI is InChI=1S/C19H23NO4/c1-13(2)24-16-7-5-14(6-8-16)19(21)20-12-15-11-17(22-3)9-10-18(15)23-4/h5-11,13H,12H2,1-4H3,(H,20,21). The highest BCUT2D eigenvalue weighted by atomic mass is 16.5. The Morgan fingerprint density at radius 1 is 1.00 bits per heavy atom. The summed E-state index contributed by atoms with van der Waals surface area (Å²) in [6.45, 7) is 4.27. The lowest BCUT2D eigenvalue weighted by Gasteiger charge is -2.12. The molecule has 128 valence electrons. The molecule has 0 radical (unpaired) electrons. The molecule has 2 rings (SSSR count). The first-order chi connectivity index (χ1) is 11.5. The molecular weight excluding hydrogens is 306 g/mol. The summed E-state index contributed by atoms with van der Waals surface area (Å²) in [4.78, 5) is 12.3. The van der Waals surface area contributed by atoms with E-state index in [2.05, 4.69) is 5.32 Å². The maximum absolute atomic E-state index is 12.3. The van der Waals surface area contributed by atoms with Gasteiger partial charge in [-0.3, -0.25) is 4.79 Å². The second-order valence-electron chi connectivity index (χ2n) is 5.55. The molecule has 2 aromatic rings. The summed E-state index contributed by atoms with van der Waals surface area (Å²) in [6.07, 6.45) is 0.102. The number of hydrogen-bond donors (Lipinski definition) is 1. The second-order valence-corrected chi connectivity index (χ2v) is 5.55. The summed E-state index contributed by atoms with van der Waals surface area (Å²) in [5.74, 6) is 2.01. The molecule has 0 fully saturated rings. The van der Waals surface area contributed by atoms with Crippen molar-refractivity contribution in [3.8, 4) is 17.2 Å². The van der Waals surface area contributed by atoms with Gasteiger partial charge < -0.3 is 19.5 Å². The number of nitrogens with one attached hydrogen (secondary N) is 1. The Morgan fingerprint density at radius 3 is 2.25 bits per heavy atom. The van der Waals surface area contributed by atoms with Crippen LogP contribution in [-0.2, 0) is 6.54 Å². The summed E-state index contributed by atoms with van der Waals surface area (Å²) in [6, 6.07) is 12.6. The molecule has 5 heteroatoms. The third-order valence-corrected chi connectivity index (χ3v) is 3.42. The molecule has 0 heterocycles. The van der Waals surface area contributed by atoms with Crippen LogP contribution in [0.1, 0.15) is 29.8 Å². The molecule has 0 atom stereocenters. The zero-order chi connectivity index (χ0) is 17.5. The minimum absolute atomic E-state index is 0.102. The summed E-state index contributed by atoms with van der Waals surface area (Å²) < 4.78 is 16.1. The molecule has 0 aliphatic rings. The molecule has 0 aliphatic heterocycles. The number of carbonyl (C=O) groups excluding carboxylic acids is 1. The van der Waals surface area contributed by atoms with E-state index in [1.807, 2.05) is 32.0 Å². The zero-order valence-electron chi connectivity index (χ0n) is 14.5. The molecule has 0 saturated heterocycles. The molecule has 0 spiro atoms. The normalized spacial score (nSPS) is 10.4. The number of hydrogen-bond acceptors (Lipinski definition) is 4. The molecular formula is C19H23NO4. The Labute approximate surface area is 142 Å². The van der Waals surface area contributed by atoms with Gasteiger partial charge in [-0.2, -0.15) is 0 Å². The van der Waals surface area contributed by atoms with Gasteiger partial charge in [0.25, 0.3) is 5.91 Å². The van der Waals surface area contributed by atoms with Crippen LogP contribution in [0.5, 0.6) is 17.2 Å². The fourth-order valence-electron chi connectivity index (χ4n) is 2.25. The molecule has 0 bridgehead atoms. The molecule has 0 saturated carbocycles. The van der Waals surface area contributed by atoms with Gasteiger partial charge in [0.1, 0.15) is 17.2 Å². The summed E-state index contributed by atoms with van der Waals surface area (Å²) in [5, 5.41) is 2.89. The first-order valence-electron chi connectivity index (χ1n) is 7.79. The number of amides is 1. The van der Waals surface area contributed by atoms with Crippen molar-refractivity contribution in [2.75, 3.05) is 14.2 Å². The van der Waals surface area contributed by atoms with Crippen LogP contribution in [0.25, 0.3) is 0 Å². The van der Waals surface area contributed by atoms with Crippen molar-refractivity contribution in [2.24, 2.45) is 0 Å². The summed E-state index contributed by atoms with van der Waals surface area (Å²) in [7, 11) is 3.20. The van der Waals surface area contributed by atoms with Gasteiger partial charge in [0.2, 0.25) is 0 Å². The first-order valence-corrected chi connectivity index (χ1v) is 7.79. The Bertz CT molecular complexity index is 680. The first kappa shape index (κ1) is 17.7. The van der Waals surface area contributed by atoms with Crippen molar-refractivity contribution in [1.29, 1.82) is 0 Å².